The third-order valence-corrected chi connectivity index (χ3v) is 3.86. The first-order valence-electron chi connectivity index (χ1n) is 7.23. The van der Waals surface area contributed by atoms with Gasteiger partial charge in [0.05, 0.1) is 17.8 Å². The Balaban J connectivity index is 1.96. The summed E-state index contributed by atoms with van der Waals surface area (Å²) in [7, 11) is 0. The molecule has 1 heterocycles. The van der Waals surface area contributed by atoms with Gasteiger partial charge < -0.3 is 5.32 Å². The van der Waals surface area contributed by atoms with Gasteiger partial charge in [0.15, 0.2) is 0 Å². The summed E-state index contributed by atoms with van der Waals surface area (Å²) >= 11 is 0. The summed E-state index contributed by atoms with van der Waals surface area (Å²) in [6, 6.07) is 9.65. The predicted molar refractivity (Wildman–Crippen MR) is 79.3 cm³/mol. The molecule has 0 aromatic heterocycles. The molecule has 1 atom stereocenters. The van der Waals surface area contributed by atoms with Crippen molar-refractivity contribution in [3.05, 3.63) is 29.8 Å². The smallest absolute Gasteiger partial charge is 0.238 e. The molecule has 0 saturated carbocycles. The van der Waals surface area contributed by atoms with E-state index >= 15 is 0 Å². The van der Waals surface area contributed by atoms with Crippen LogP contribution in [-0.2, 0) is 4.79 Å². The molecule has 1 N–H and O–H groups in total. The van der Waals surface area contributed by atoms with E-state index in [2.05, 4.69) is 23.2 Å². The summed E-state index contributed by atoms with van der Waals surface area (Å²) in [6.45, 7) is 3.57. The van der Waals surface area contributed by atoms with Crippen LogP contribution in [0.25, 0.3) is 0 Å². The Morgan fingerprint density at radius 1 is 1.40 bits per heavy atom. The molecule has 4 heteroatoms. The maximum absolute atomic E-state index is 12.1. The highest BCUT2D eigenvalue weighted by atomic mass is 16.2. The zero-order valence-corrected chi connectivity index (χ0v) is 11.9. The normalized spacial score (nSPS) is 19.9. The maximum atomic E-state index is 12.1. The third-order valence-electron chi connectivity index (χ3n) is 3.86. The van der Waals surface area contributed by atoms with Crippen molar-refractivity contribution in [2.45, 2.75) is 38.6 Å². The van der Waals surface area contributed by atoms with E-state index in [1.165, 1.54) is 12.8 Å². The van der Waals surface area contributed by atoms with E-state index in [1.807, 2.05) is 6.07 Å². The lowest BCUT2D eigenvalue weighted by molar-refractivity contribution is -0.117. The van der Waals surface area contributed by atoms with Gasteiger partial charge in [-0.05, 0) is 38.4 Å². The highest BCUT2D eigenvalue weighted by Gasteiger charge is 2.19. The van der Waals surface area contributed by atoms with Gasteiger partial charge in [0, 0.05) is 6.04 Å². The monoisotopic (exact) mass is 271 g/mol. The number of hydrogen-bond acceptors (Lipinski definition) is 3. The average molecular weight is 271 g/mol. The quantitative estimate of drug-likeness (QED) is 0.919. The van der Waals surface area contributed by atoms with Crippen LogP contribution in [0.5, 0.6) is 0 Å². The number of amides is 1. The van der Waals surface area contributed by atoms with E-state index < -0.39 is 0 Å². The van der Waals surface area contributed by atoms with E-state index in [4.69, 9.17) is 5.26 Å². The number of hydrogen-bond donors (Lipinski definition) is 1. The van der Waals surface area contributed by atoms with Crippen LogP contribution in [-0.4, -0.2) is 29.9 Å². The standard InChI is InChI=1S/C16H21N3O/c1-13-7-3-2-6-10-19(13)12-16(20)18-15-9-5-4-8-14(15)11-17/h4-5,8-9,13H,2-3,6-7,10,12H2,1H3,(H,18,20). The second-order valence-corrected chi connectivity index (χ2v) is 5.37. The Morgan fingerprint density at radius 2 is 2.20 bits per heavy atom. The van der Waals surface area contributed by atoms with Crippen LogP contribution in [0.2, 0.25) is 0 Å². The summed E-state index contributed by atoms with van der Waals surface area (Å²) in [5.74, 6) is -0.0403. The molecule has 0 spiro atoms. The number of anilines is 1. The minimum atomic E-state index is -0.0403. The van der Waals surface area contributed by atoms with E-state index in [0.717, 1.165) is 19.4 Å². The van der Waals surface area contributed by atoms with Gasteiger partial charge in [0.25, 0.3) is 0 Å². The molecule has 1 aromatic carbocycles. The molecule has 1 aliphatic heterocycles. The molecule has 0 radical (unpaired) electrons. The van der Waals surface area contributed by atoms with Crippen molar-refractivity contribution in [1.82, 2.24) is 4.90 Å². The SMILES string of the molecule is CC1CCCCCN1CC(=O)Nc1ccccc1C#N. The fraction of sp³-hybridized carbons (Fsp3) is 0.500. The molecular weight excluding hydrogens is 250 g/mol. The van der Waals surface area contributed by atoms with Gasteiger partial charge in [-0.3, -0.25) is 9.69 Å². The lowest BCUT2D eigenvalue weighted by Crippen LogP contribution is -2.39. The van der Waals surface area contributed by atoms with E-state index in [-0.39, 0.29) is 5.91 Å². The van der Waals surface area contributed by atoms with Crippen LogP contribution in [0, 0.1) is 11.3 Å². The number of likely N-dealkylation sites (tertiary alicyclic amines) is 1. The molecule has 1 aromatic rings. The number of nitrogens with zero attached hydrogens (tertiary/aromatic N) is 2. The largest absolute Gasteiger partial charge is 0.324 e. The van der Waals surface area contributed by atoms with Crippen molar-refractivity contribution in [1.29, 1.82) is 5.26 Å². The fourth-order valence-corrected chi connectivity index (χ4v) is 2.63. The summed E-state index contributed by atoms with van der Waals surface area (Å²) in [5, 5.41) is 11.9. The molecular formula is C16H21N3O. The number of rotatable bonds is 3. The van der Waals surface area contributed by atoms with Crippen molar-refractivity contribution in [2.24, 2.45) is 0 Å². The molecule has 0 bridgehead atoms. The van der Waals surface area contributed by atoms with Crippen LogP contribution < -0.4 is 5.32 Å². The van der Waals surface area contributed by atoms with Crippen LogP contribution in [0.3, 0.4) is 0 Å². The molecule has 0 aliphatic carbocycles. The second kappa shape index (κ2) is 7.06. The number of carbonyl (C=O) groups is 1. The Labute approximate surface area is 120 Å². The van der Waals surface area contributed by atoms with Gasteiger partial charge in [0.2, 0.25) is 5.91 Å². The minimum absolute atomic E-state index is 0.0403. The highest BCUT2D eigenvalue weighted by Crippen LogP contribution is 2.17. The number of carbonyl (C=O) groups excluding carboxylic acids is 1. The molecule has 4 nitrogen and oxygen atoms in total. The maximum Gasteiger partial charge on any atom is 0.238 e. The van der Waals surface area contributed by atoms with Crippen molar-refractivity contribution in [3.8, 4) is 6.07 Å². The summed E-state index contributed by atoms with van der Waals surface area (Å²) in [4.78, 5) is 14.4. The van der Waals surface area contributed by atoms with Gasteiger partial charge in [-0.25, -0.2) is 0 Å². The first kappa shape index (κ1) is 14.5. The predicted octanol–water partition coefficient (Wildman–Crippen LogP) is 2.76. The van der Waals surface area contributed by atoms with Crippen molar-refractivity contribution in [2.75, 3.05) is 18.4 Å². The molecule has 2 rings (SSSR count). The molecule has 106 valence electrons. The van der Waals surface area contributed by atoms with E-state index in [1.54, 1.807) is 18.2 Å². The Bertz CT molecular complexity index is 507. The van der Waals surface area contributed by atoms with Gasteiger partial charge in [0.1, 0.15) is 6.07 Å². The zero-order chi connectivity index (χ0) is 14.4. The molecule has 1 unspecified atom stereocenters. The van der Waals surface area contributed by atoms with Crippen LogP contribution >= 0.6 is 0 Å². The van der Waals surface area contributed by atoms with Crippen molar-refractivity contribution in [3.63, 3.8) is 0 Å². The first-order chi connectivity index (χ1) is 9.70. The molecule has 20 heavy (non-hydrogen) atoms. The number of nitrogens with one attached hydrogen (secondary N) is 1. The van der Waals surface area contributed by atoms with Crippen molar-refractivity contribution < 1.29 is 4.79 Å². The summed E-state index contributed by atoms with van der Waals surface area (Å²) in [5.41, 5.74) is 1.10. The van der Waals surface area contributed by atoms with E-state index in [0.29, 0.717) is 23.8 Å². The molecule has 1 saturated heterocycles. The lowest BCUT2D eigenvalue weighted by atomic mass is 10.1. The topological polar surface area (TPSA) is 56.1 Å². The highest BCUT2D eigenvalue weighted by molar-refractivity contribution is 5.93. The molecule has 1 fully saturated rings. The van der Waals surface area contributed by atoms with Crippen LogP contribution in [0.15, 0.2) is 24.3 Å². The first-order valence-corrected chi connectivity index (χ1v) is 7.23. The zero-order valence-electron chi connectivity index (χ0n) is 11.9. The Hall–Kier alpha value is -1.86. The van der Waals surface area contributed by atoms with Crippen LogP contribution in [0.4, 0.5) is 5.69 Å². The number of benzene rings is 1. The summed E-state index contributed by atoms with van der Waals surface area (Å²) in [6.07, 6.45) is 4.81. The fourth-order valence-electron chi connectivity index (χ4n) is 2.63. The molecule has 1 amide bonds. The Kier molecular flexibility index (Phi) is 5.14. The van der Waals surface area contributed by atoms with Crippen LogP contribution in [0.1, 0.15) is 38.2 Å². The van der Waals surface area contributed by atoms with Gasteiger partial charge in [-0.1, -0.05) is 25.0 Å². The molecule has 1 aliphatic rings. The number of para-hydroxylation sites is 1. The lowest BCUT2D eigenvalue weighted by Gasteiger charge is -2.26. The van der Waals surface area contributed by atoms with Gasteiger partial charge >= 0.3 is 0 Å². The summed E-state index contributed by atoms with van der Waals surface area (Å²) < 4.78 is 0. The van der Waals surface area contributed by atoms with Crippen molar-refractivity contribution >= 4 is 11.6 Å². The minimum Gasteiger partial charge on any atom is -0.324 e. The average Bonchev–Trinajstić information content (AvgIpc) is 2.65. The number of nitriles is 1. The second-order valence-electron chi connectivity index (χ2n) is 5.37. The third kappa shape index (κ3) is 3.82. The van der Waals surface area contributed by atoms with Gasteiger partial charge in [-0.2, -0.15) is 5.26 Å². The van der Waals surface area contributed by atoms with E-state index in [9.17, 15) is 4.79 Å². The van der Waals surface area contributed by atoms with Gasteiger partial charge in [-0.15, -0.1) is 0 Å². The Morgan fingerprint density at radius 3 is 3.00 bits per heavy atom.